The number of thioether (sulfide) groups is 1. The molecular formula is C18H29ClIN3O2S. The summed E-state index contributed by atoms with van der Waals surface area (Å²) in [6, 6.07) is 5.78. The average molecular weight is 514 g/mol. The van der Waals surface area contributed by atoms with Crippen LogP contribution in [0.2, 0.25) is 5.02 Å². The molecule has 1 aliphatic heterocycles. The summed E-state index contributed by atoms with van der Waals surface area (Å²) in [5.41, 5.74) is 1.09. The van der Waals surface area contributed by atoms with E-state index in [4.69, 9.17) is 21.1 Å². The second-order valence-corrected chi connectivity index (χ2v) is 7.74. The van der Waals surface area contributed by atoms with Crippen LogP contribution in [0.3, 0.4) is 0 Å². The zero-order chi connectivity index (χ0) is 18.1. The minimum absolute atomic E-state index is 0. The highest BCUT2D eigenvalue weighted by Crippen LogP contribution is 2.32. The van der Waals surface area contributed by atoms with Gasteiger partial charge in [0.05, 0.1) is 7.11 Å². The highest BCUT2D eigenvalue weighted by molar-refractivity contribution is 14.0. The lowest BCUT2D eigenvalue weighted by Crippen LogP contribution is -2.48. The molecule has 0 radical (unpaired) electrons. The quantitative estimate of drug-likeness (QED) is 0.332. The van der Waals surface area contributed by atoms with Gasteiger partial charge in [-0.1, -0.05) is 17.7 Å². The fourth-order valence-electron chi connectivity index (χ4n) is 2.84. The number of hydrogen-bond donors (Lipinski definition) is 2. The molecule has 2 N–H and O–H groups in total. The van der Waals surface area contributed by atoms with E-state index in [9.17, 15) is 0 Å². The molecule has 148 valence electrons. The Bertz CT molecular complexity index is 584. The van der Waals surface area contributed by atoms with Crippen LogP contribution >= 0.6 is 47.3 Å². The summed E-state index contributed by atoms with van der Waals surface area (Å²) in [6.07, 6.45) is 5.14. The van der Waals surface area contributed by atoms with E-state index in [0.29, 0.717) is 0 Å². The first-order valence-corrected chi connectivity index (χ1v) is 10.1. The summed E-state index contributed by atoms with van der Waals surface area (Å²) in [6.45, 7) is 3.33. The van der Waals surface area contributed by atoms with Gasteiger partial charge in [0.25, 0.3) is 0 Å². The minimum Gasteiger partial charge on any atom is -0.497 e. The number of guanidine groups is 1. The molecule has 1 aliphatic rings. The number of nitrogens with one attached hydrogen (secondary N) is 2. The van der Waals surface area contributed by atoms with Gasteiger partial charge in [0.1, 0.15) is 5.75 Å². The zero-order valence-corrected chi connectivity index (χ0v) is 19.5. The van der Waals surface area contributed by atoms with E-state index >= 15 is 0 Å². The van der Waals surface area contributed by atoms with E-state index < -0.39 is 0 Å². The Balaban J connectivity index is 0.00000338. The van der Waals surface area contributed by atoms with Gasteiger partial charge in [-0.05, 0) is 43.2 Å². The summed E-state index contributed by atoms with van der Waals surface area (Å²) >= 11 is 8.21. The Morgan fingerprint density at radius 1 is 1.35 bits per heavy atom. The van der Waals surface area contributed by atoms with Crippen LogP contribution in [0.1, 0.15) is 18.4 Å². The fraction of sp³-hybridized carbons (Fsp3) is 0.611. The third kappa shape index (κ3) is 6.98. The molecule has 26 heavy (non-hydrogen) atoms. The van der Waals surface area contributed by atoms with Gasteiger partial charge in [0.2, 0.25) is 0 Å². The van der Waals surface area contributed by atoms with Crippen molar-refractivity contribution in [1.29, 1.82) is 0 Å². The van der Waals surface area contributed by atoms with Crippen LogP contribution in [0.25, 0.3) is 0 Å². The van der Waals surface area contributed by atoms with E-state index in [1.54, 1.807) is 14.2 Å². The molecule has 1 saturated heterocycles. The fourth-order valence-corrected chi connectivity index (χ4v) is 3.89. The van der Waals surface area contributed by atoms with Crippen molar-refractivity contribution in [2.45, 2.75) is 24.0 Å². The van der Waals surface area contributed by atoms with E-state index in [-0.39, 0.29) is 28.7 Å². The van der Waals surface area contributed by atoms with Crippen LogP contribution in [0.15, 0.2) is 23.2 Å². The average Bonchev–Trinajstić information content (AvgIpc) is 2.66. The number of halogens is 2. The molecule has 0 amide bonds. The molecule has 0 saturated carbocycles. The Labute approximate surface area is 183 Å². The Kier molecular flexibility index (Phi) is 11.1. The van der Waals surface area contributed by atoms with Gasteiger partial charge in [0, 0.05) is 43.1 Å². The molecule has 0 spiro atoms. The zero-order valence-electron chi connectivity index (χ0n) is 15.6. The SMILES string of the molecule is CN=C(NCCc1ccc(OC)cc1Cl)NCC1(SC)CCOCC1.I. The highest BCUT2D eigenvalue weighted by atomic mass is 127. The Morgan fingerprint density at radius 2 is 2.08 bits per heavy atom. The third-order valence-corrected chi connectivity index (χ3v) is 6.36. The van der Waals surface area contributed by atoms with Crippen molar-refractivity contribution >= 4 is 53.3 Å². The van der Waals surface area contributed by atoms with Crippen LogP contribution in [0, 0.1) is 0 Å². The largest absolute Gasteiger partial charge is 0.497 e. The molecule has 2 rings (SSSR count). The first-order chi connectivity index (χ1) is 12.1. The normalized spacial score (nSPS) is 16.5. The first-order valence-electron chi connectivity index (χ1n) is 8.52. The van der Waals surface area contributed by atoms with Gasteiger partial charge in [-0.15, -0.1) is 24.0 Å². The van der Waals surface area contributed by atoms with Gasteiger partial charge in [-0.2, -0.15) is 11.8 Å². The lowest BCUT2D eigenvalue weighted by molar-refractivity contribution is 0.0783. The second-order valence-electron chi connectivity index (χ2n) is 6.06. The molecular weight excluding hydrogens is 485 g/mol. The molecule has 1 fully saturated rings. The molecule has 1 heterocycles. The van der Waals surface area contributed by atoms with Crippen LogP contribution in [0.4, 0.5) is 0 Å². The van der Waals surface area contributed by atoms with Crippen LogP contribution in [0.5, 0.6) is 5.75 Å². The van der Waals surface area contributed by atoms with E-state index in [0.717, 1.165) is 67.9 Å². The number of methoxy groups -OCH3 is 1. The Hall–Kier alpha value is -0.380. The van der Waals surface area contributed by atoms with Crippen LogP contribution in [-0.2, 0) is 11.2 Å². The molecule has 0 unspecified atom stereocenters. The molecule has 8 heteroatoms. The van der Waals surface area contributed by atoms with Gasteiger partial charge in [-0.25, -0.2) is 0 Å². The Morgan fingerprint density at radius 3 is 2.65 bits per heavy atom. The van der Waals surface area contributed by atoms with Crippen molar-refractivity contribution in [2.75, 3.05) is 46.7 Å². The van der Waals surface area contributed by atoms with Crippen molar-refractivity contribution in [3.05, 3.63) is 28.8 Å². The van der Waals surface area contributed by atoms with Gasteiger partial charge in [-0.3, -0.25) is 4.99 Å². The van der Waals surface area contributed by atoms with Crippen molar-refractivity contribution in [1.82, 2.24) is 10.6 Å². The standard InChI is InChI=1S/C18H28ClN3O2S.HI/c1-20-17(22-13-18(25-3)7-10-24-11-8-18)21-9-6-14-4-5-15(23-2)12-16(14)19;/h4-5,12H,6-11,13H2,1-3H3,(H2,20,21,22);1H. The highest BCUT2D eigenvalue weighted by Gasteiger charge is 2.31. The number of benzene rings is 1. The van der Waals surface area contributed by atoms with Crippen molar-refractivity contribution in [2.24, 2.45) is 4.99 Å². The summed E-state index contributed by atoms with van der Waals surface area (Å²) in [5.74, 6) is 1.60. The van der Waals surface area contributed by atoms with Gasteiger partial charge < -0.3 is 20.1 Å². The lowest BCUT2D eigenvalue weighted by atomic mass is 9.99. The molecule has 0 bridgehead atoms. The lowest BCUT2D eigenvalue weighted by Gasteiger charge is -2.36. The van der Waals surface area contributed by atoms with Crippen molar-refractivity contribution in [3.8, 4) is 5.75 Å². The van der Waals surface area contributed by atoms with Gasteiger partial charge >= 0.3 is 0 Å². The number of hydrogen-bond acceptors (Lipinski definition) is 4. The molecule has 0 aromatic heterocycles. The summed E-state index contributed by atoms with van der Waals surface area (Å²) in [5, 5.41) is 7.55. The molecule has 0 atom stereocenters. The number of aliphatic imine (C=N–C) groups is 1. The predicted molar refractivity (Wildman–Crippen MR) is 123 cm³/mol. The monoisotopic (exact) mass is 513 g/mol. The second kappa shape index (κ2) is 12.2. The maximum atomic E-state index is 6.29. The third-order valence-electron chi connectivity index (χ3n) is 4.59. The predicted octanol–water partition coefficient (Wildman–Crippen LogP) is 3.59. The van der Waals surface area contributed by atoms with Crippen molar-refractivity contribution in [3.63, 3.8) is 0 Å². The molecule has 1 aromatic carbocycles. The van der Waals surface area contributed by atoms with E-state index in [1.807, 2.05) is 30.0 Å². The van der Waals surface area contributed by atoms with Gasteiger partial charge in [0.15, 0.2) is 5.96 Å². The van der Waals surface area contributed by atoms with Crippen molar-refractivity contribution < 1.29 is 9.47 Å². The maximum absolute atomic E-state index is 6.29. The summed E-state index contributed by atoms with van der Waals surface area (Å²) in [7, 11) is 3.44. The molecule has 5 nitrogen and oxygen atoms in total. The van der Waals surface area contributed by atoms with E-state index in [1.165, 1.54) is 0 Å². The number of nitrogens with zero attached hydrogens (tertiary/aromatic N) is 1. The molecule has 1 aromatic rings. The first kappa shape index (κ1) is 23.7. The van der Waals surface area contributed by atoms with Crippen LogP contribution < -0.4 is 15.4 Å². The summed E-state index contributed by atoms with van der Waals surface area (Å²) in [4.78, 5) is 4.32. The summed E-state index contributed by atoms with van der Waals surface area (Å²) < 4.78 is 10.9. The maximum Gasteiger partial charge on any atom is 0.191 e. The van der Waals surface area contributed by atoms with E-state index in [2.05, 4.69) is 21.9 Å². The van der Waals surface area contributed by atoms with Crippen LogP contribution in [-0.4, -0.2) is 57.4 Å². The molecule has 0 aliphatic carbocycles. The smallest absolute Gasteiger partial charge is 0.191 e. The number of rotatable bonds is 7. The number of ether oxygens (including phenoxy) is 2. The topological polar surface area (TPSA) is 54.9 Å². The minimum atomic E-state index is 0.